The SMILES string of the molecule is CN1CCc2c(c3cc(F)c(-n4ccc(OCc5ccccc5)cc4=O)cc3n2C)C1. The number of hydrogen-bond donors (Lipinski definition) is 0. The van der Waals surface area contributed by atoms with Gasteiger partial charge in [0, 0.05) is 49.9 Å². The normalized spacial score (nSPS) is 14.0. The molecule has 158 valence electrons. The van der Waals surface area contributed by atoms with Gasteiger partial charge in [-0.1, -0.05) is 30.3 Å². The summed E-state index contributed by atoms with van der Waals surface area (Å²) >= 11 is 0. The minimum absolute atomic E-state index is 0.249. The van der Waals surface area contributed by atoms with Crippen LogP contribution in [0.15, 0.2) is 65.6 Å². The molecule has 0 saturated carbocycles. The van der Waals surface area contributed by atoms with Crippen LogP contribution in [-0.4, -0.2) is 27.6 Å². The molecule has 6 heteroatoms. The zero-order valence-corrected chi connectivity index (χ0v) is 17.6. The number of rotatable bonds is 4. The molecule has 5 rings (SSSR count). The van der Waals surface area contributed by atoms with E-state index in [1.165, 1.54) is 21.9 Å². The number of nitrogens with zero attached hydrogens (tertiary/aromatic N) is 3. The van der Waals surface area contributed by atoms with Gasteiger partial charge in [-0.25, -0.2) is 4.39 Å². The third-order valence-corrected chi connectivity index (χ3v) is 6.06. The maximum atomic E-state index is 15.1. The second-order valence-corrected chi connectivity index (χ2v) is 8.14. The van der Waals surface area contributed by atoms with Gasteiger partial charge in [0.05, 0.1) is 11.2 Å². The lowest BCUT2D eigenvalue weighted by Gasteiger charge is -2.23. The minimum Gasteiger partial charge on any atom is -0.489 e. The quantitative estimate of drug-likeness (QED) is 0.503. The highest BCUT2D eigenvalue weighted by atomic mass is 19.1. The van der Waals surface area contributed by atoms with E-state index in [1.807, 2.05) is 37.4 Å². The monoisotopic (exact) mass is 417 g/mol. The van der Waals surface area contributed by atoms with Crippen molar-refractivity contribution in [1.82, 2.24) is 14.0 Å². The summed E-state index contributed by atoms with van der Waals surface area (Å²) in [5.41, 5.74) is 4.28. The van der Waals surface area contributed by atoms with Crippen molar-refractivity contribution in [2.45, 2.75) is 19.6 Å². The summed E-state index contributed by atoms with van der Waals surface area (Å²) in [7, 11) is 4.09. The first-order chi connectivity index (χ1) is 15.0. The highest BCUT2D eigenvalue weighted by Gasteiger charge is 2.22. The summed E-state index contributed by atoms with van der Waals surface area (Å²) in [6.45, 7) is 2.16. The number of aryl methyl sites for hydroxylation is 1. The van der Waals surface area contributed by atoms with Crippen molar-refractivity contribution in [1.29, 1.82) is 0 Å². The van der Waals surface area contributed by atoms with Crippen LogP contribution in [0, 0.1) is 5.82 Å². The van der Waals surface area contributed by atoms with Crippen molar-refractivity contribution >= 4 is 10.9 Å². The molecular formula is C25H24FN3O2. The minimum atomic E-state index is -0.408. The number of ether oxygens (including phenoxy) is 1. The van der Waals surface area contributed by atoms with Crippen molar-refractivity contribution in [2.75, 3.05) is 13.6 Å². The van der Waals surface area contributed by atoms with E-state index in [4.69, 9.17) is 4.74 Å². The van der Waals surface area contributed by atoms with Crippen LogP contribution in [0.4, 0.5) is 4.39 Å². The molecule has 1 aliphatic rings. The van der Waals surface area contributed by atoms with Gasteiger partial charge in [-0.3, -0.25) is 9.36 Å². The highest BCUT2D eigenvalue weighted by molar-refractivity contribution is 5.87. The Balaban J connectivity index is 1.50. The summed E-state index contributed by atoms with van der Waals surface area (Å²) < 4.78 is 24.3. The first kappa shape index (κ1) is 19.6. The van der Waals surface area contributed by atoms with E-state index in [1.54, 1.807) is 24.4 Å². The molecular weight excluding hydrogens is 393 g/mol. The van der Waals surface area contributed by atoms with E-state index in [0.29, 0.717) is 12.4 Å². The van der Waals surface area contributed by atoms with Crippen LogP contribution >= 0.6 is 0 Å². The van der Waals surface area contributed by atoms with Crippen LogP contribution in [0.5, 0.6) is 5.75 Å². The molecule has 0 unspecified atom stereocenters. The molecule has 0 fully saturated rings. The molecule has 0 aliphatic carbocycles. The molecule has 3 heterocycles. The Hall–Kier alpha value is -3.38. The molecule has 5 nitrogen and oxygen atoms in total. The molecule has 0 saturated heterocycles. The van der Waals surface area contributed by atoms with Gasteiger partial charge in [0.2, 0.25) is 0 Å². The maximum absolute atomic E-state index is 15.1. The van der Waals surface area contributed by atoms with Gasteiger partial charge in [-0.2, -0.15) is 0 Å². The van der Waals surface area contributed by atoms with Crippen LogP contribution in [0.25, 0.3) is 16.6 Å². The summed E-state index contributed by atoms with van der Waals surface area (Å²) in [5, 5.41) is 0.918. The van der Waals surface area contributed by atoms with Crippen LogP contribution in [0.1, 0.15) is 16.8 Å². The van der Waals surface area contributed by atoms with Crippen molar-refractivity contribution in [3.05, 3.63) is 93.8 Å². The van der Waals surface area contributed by atoms with E-state index >= 15 is 4.39 Å². The van der Waals surface area contributed by atoms with E-state index in [9.17, 15) is 4.79 Å². The molecule has 0 radical (unpaired) electrons. The van der Waals surface area contributed by atoms with Crippen LogP contribution in [0.3, 0.4) is 0 Å². The maximum Gasteiger partial charge on any atom is 0.258 e. The topological polar surface area (TPSA) is 39.4 Å². The standard InChI is InChI=1S/C25H24FN3O2/c1-27-10-9-22-20(15-27)19-13-21(26)24(14-23(19)28(22)2)29-11-8-18(12-25(29)30)31-16-17-6-4-3-5-7-17/h3-8,11-14H,9-10,15-16H2,1-2H3. The van der Waals surface area contributed by atoms with E-state index < -0.39 is 5.82 Å². The number of fused-ring (bicyclic) bond motifs is 3. The number of halogens is 1. The zero-order valence-electron chi connectivity index (χ0n) is 17.6. The molecule has 31 heavy (non-hydrogen) atoms. The fraction of sp³-hybridized carbons (Fsp3) is 0.240. The van der Waals surface area contributed by atoms with Crippen LogP contribution in [-0.2, 0) is 26.6 Å². The third-order valence-electron chi connectivity index (χ3n) is 6.06. The number of pyridine rings is 1. The predicted molar refractivity (Wildman–Crippen MR) is 119 cm³/mol. The predicted octanol–water partition coefficient (Wildman–Crippen LogP) is 4.04. The Bertz CT molecular complexity index is 1320. The van der Waals surface area contributed by atoms with Crippen LogP contribution in [0.2, 0.25) is 0 Å². The zero-order chi connectivity index (χ0) is 21.5. The summed E-state index contributed by atoms with van der Waals surface area (Å²) in [6, 6.07) is 16.2. The van der Waals surface area contributed by atoms with Crippen LogP contribution < -0.4 is 10.3 Å². The third kappa shape index (κ3) is 3.53. The Labute approximate surface area is 179 Å². The summed E-state index contributed by atoms with van der Waals surface area (Å²) in [4.78, 5) is 15.0. The van der Waals surface area contributed by atoms with Crippen molar-refractivity contribution < 1.29 is 9.13 Å². The van der Waals surface area contributed by atoms with Crippen molar-refractivity contribution in [3.8, 4) is 11.4 Å². The largest absolute Gasteiger partial charge is 0.489 e. The van der Waals surface area contributed by atoms with Gasteiger partial charge in [-0.15, -0.1) is 0 Å². The Morgan fingerprint density at radius 3 is 2.65 bits per heavy atom. The van der Waals surface area contributed by atoms with E-state index in [2.05, 4.69) is 16.5 Å². The van der Waals surface area contributed by atoms with Gasteiger partial charge >= 0.3 is 0 Å². The van der Waals surface area contributed by atoms with Crippen molar-refractivity contribution in [2.24, 2.45) is 7.05 Å². The number of hydrogen-bond acceptors (Lipinski definition) is 3. The average molecular weight is 417 g/mol. The highest BCUT2D eigenvalue weighted by Crippen LogP contribution is 2.32. The fourth-order valence-electron chi connectivity index (χ4n) is 4.39. The first-order valence-corrected chi connectivity index (χ1v) is 10.4. The number of benzene rings is 2. The lowest BCUT2D eigenvalue weighted by Crippen LogP contribution is -2.26. The molecule has 1 aliphatic heterocycles. The van der Waals surface area contributed by atoms with Gasteiger partial charge in [0.15, 0.2) is 0 Å². The molecule has 0 bridgehead atoms. The second-order valence-electron chi connectivity index (χ2n) is 8.14. The molecule has 0 atom stereocenters. The Kier molecular flexibility index (Phi) is 4.87. The first-order valence-electron chi connectivity index (χ1n) is 10.4. The molecule has 0 N–H and O–H groups in total. The Morgan fingerprint density at radius 1 is 1.06 bits per heavy atom. The molecule has 2 aromatic heterocycles. The van der Waals surface area contributed by atoms with Gasteiger partial charge in [0.25, 0.3) is 5.56 Å². The lowest BCUT2D eigenvalue weighted by atomic mass is 10.0. The molecule has 0 amide bonds. The molecule has 4 aromatic rings. The van der Waals surface area contributed by atoms with E-state index in [-0.39, 0.29) is 11.2 Å². The average Bonchev–Trinajstić information content (AvgIpc) is 3.03. The van der Waals surface area contributed by atoms with Crippen molar-refractivity contribution in [3.63, 3.8) is 0 Å². The second kappa shape index (κ2) is 7.71. The van der Waals surface area contributed by atoms with E-state index in [0.717, 1.165) is 36.0 Å². The van der Waals surface area contributed by atoms with Gasteiger partial charge in [-0.05, 0) is 36.4 Å². The smallest absolute Gasteiger partial charge is 0.258 e. The number of aromatic nitrogens is 2. The summed E-state index contributed by atoms with van der Waals surface area (Å²) in [5.74, 6) is 0.0538. The number of likely N-dealkylation sites (N-methyl/N-ethyl adjacent to an activating group) is 1. The molecule has 0 spiro atoms. The van der Waals surface area contributed by atoms with Gasteiger partial charge in [0.1, 0.15) is 18.2 Å². The van der Waals surface area contributed by atoms with Gasteiger partial charge < -0.3 is 14.2 Å². The molecule has 2 aromatic carbocycles. The lowest BCUT2D eigenvalue weighted by molar-refractivity contribution is 0.305. The fourth-order valence-corrected chi connectivity index (χ4v) is 4.39. The Morgan fingerprint density at radius 2 is 1.87 bits per heavy atom. The summed E-state index contributed by atoms with van der Waals surface area (Å²) in [6.07, 6.45) is 2.50.